The summed E-state index contributed by atoms with van der Waals surface area (Å²) >= 11 is 0. The molecule has 2 aromatic heterocycles. The Balaban J connectivity index is 1.53. The maximum Gasteiger partial charge on any atom is 0.408 e. The van der Waals surface area contributed by atoms with Gasteiger partial charge in [-0.15, -0.1) is 0 Å². The van der Waals surface area contributed by atoms with Crippen LogP contribution in [0.2, 0.25) is 0 Å². The summed E-state index contributed by atoms with van der Waals surface area (Å²) in [5, 5.41) is 6.84. The zero-order chi connectivity index (χ0) is 21.1. The van der Waals surface area contributed by atoms with E-state index in [1.807, 2.05) is 40.7 Å². The second kappa shape index (κ2) is 8.32. The van der Waals surface area contributed by atoms with Crippen LogP contribution in [0, 0.1) is 0 Å². The largest absolute Gasteiger partial charge is 0.444 e. The Bertz CT molecular complexity index is 809. The van der Waals surface area contributed by atoms with Gasteiger partial charge in [-0.25, -0.2) is 14.8 Å². The molecule has 3 heterocycles. The van der Waals surface area contributed by atoms with E-state index in [4.69, 9.17) is 9.26 Å². The Morgan fingerprint density at radius 3 is 2.41 bits per heavy atom. The second-order valence-corrected chi connectivity index (χ2v) is 8.58. The van der Waals surface area contributed by atoms with Crippen LogP contribution in [0.25, 0.3) is 0 Å². The maximum atomic E-state index is 12.1. The number of piperazine rings is 1. The number of hydrogen-bond acceptors (Lipinski definition) is 9. The van der Waals surface area contributed by atoms with Gasteiger partial charge >= 0.3 is 6.09 Å². The molecule has 1 N–H and O–H groups in total. The number of alkyl carbamates (subject to hydrolysis) is 1. The summed E-state index contributed by atoms with van der Waals surface area (Å²) in [6.07, 6.45) is 2.98. The van der Waals surface area contributed by atoms with Gasteiger partial charge in [-0.1, -0.05) is 5.16 Å². The van der Waals surface area contributed by atoms with Gasteiger partial charge in [-0.05, 0) is 40.7 Å². The molecule has 0 saturated carbocycles. The molecule has 10 nitrogen and oxygen atoms in total. The molecular weight excluding hydrogens is 374 g/mol. The molecule has 10 heteroatoms. The predicted octanol–water partition coefficient (Wildman–Crippen LogP) is 1.94. The molecular formula is C19H29N7O3. The molecule has 0 aliphatic carbocycles. The molecule has 3 rings (SSSR count). The van der Waals surface area contributed by atoms with Gasteiger partial charge in [0.05, 0.1) is 6.54 Å². The lowest BCUT2D eigenvalue weighted by atomic mass is 10.1. The van der Waals surface area contributed by atoms with Crippen molar-refractivity contribution in [2.45, 2.75) is 52.3 Å². The van der Waals surface area contributed by atoms with Crippen LogP contribution in [-0.2, 0) is 16.8 Å². The van der Waals surface area contributed by atoms with E-state index >= 15 is 0 Å². The summed E-state index contributed by atoms with van der Waals surface area (Å²) in [5.74, 6) is 1.68. The summed E-state index contributed by atoms with van der Waals surface area (Å²) in [6, 6.07) is 1.81. The quantitative estimate of drug-likeness (QED) is 0.801. The number of aromatic nitrogens is 4. The van der Waals surface area contributed by atoms with Crippen molar-refractivity contribution < 1.29 is 14.1 Å². The van der Waals surface area contributed by atoms with Crippen molar-refractivity contribution in [2.75, 3.05) is 31.1 Å². The van der Waals surface area contributed by atoms with E-state index in [1.54, 1.807) is 12.4 Å². The number of carbonyl (C=O) groups excluding carboxylic acids is 1. The molecule has 0 unspecified atom stereocenters. The van der Waals surface area contributed by atoms with Gasteiger partial charge in [0, 0.05) is 38.6 Å². The van der Waals surface area contributed by atoms with Crippen molar-refractivity contribution in [1.82, 2.24) is 30.3 Å². The van der Waals surface area contributed by atoms with Crippen LogP contribution in [-0.4, -0.2) is 62.9 Å². The fourth-order valence-corrected chi connectivity index (χ4v) is 2.94. The summed E-state index contributed by atoms with van der Waals surface area (Å²) in [6.45, 7) is 13.0. The van der Waals surface area contributed by atoms with Gasteiger partial charge in [0.1, 0.15) is 11.1 Å². The first-order valence-corrected chi connectivity index (χ1v) is 9.71. The predicted molar refractivity (Wildman–Crippen MR) is 106 cm³/mol. The van der Waals surface area contributed by atoms with Crippen LogP contribution in [0.3, 0.4) is 0 Å². The Morgan fingerprint density at radius 2 is 1.79 bits per heavy atom. The number of ether oxygens (including phenoxy) is 1. The molecule has 1 aliphatic heterocycles. The molecule has 1 aliphatic rings. The summed E-state index contributed by atoms with van der Waals surface area (Å²) in [4.78, 5) is 29.5. The molecule has 2 aromatic rings. The molecule has 0 aromatic carbocycles. The minimum atomic E-state index is -0.812. The van der Waals surface area contributed by atoms with E-state index in [9.17, 15) is 4.79 Å². The fourth-order valence-electron chi connectivity index (χ4n) is 2.94. The van der Waals surface area contributed by atoms with Gasteiger partial charge in [0.25, 0.3) is 0 Å². The van der Waals surface area contributed by atoms with Gasteiger partial charge in [0.2, 0.25) is 11.8 Å². The smallest absolute Gasteiger partial charge is 0.408 e. The topological polar surface area (TPSA) is 110 Å². The highest BCUT2D eigenvalue weighted by molar-refractivity contribution is 5.68. The van der Waals surface area contributed by atoms with Crippen LogP contribution in [0.4, 0.5) is 10.7 Å². The van der Waals surface area contributed by atoms with E-state index in [0.717, 1.165) is 32.1 Å². The Morgan fingerprint density at radius 1 is 1.14 bits per heavy atom. The Kier molecular flexibility index (Phi) is 6.02. The summed E-state index contributed by atoms with van der Waals surface area (Å²) in [7, 11) is 0. The molecule has 0 spiro atoms. The van der Waals surface area contributed by atoms with Gasteiger partial charge < -0.3 is 19.5 Å². The highest BCUT2D eigenvalue weighted by atomic mass is 16.6. The Labute approximate surface area is 170 Å². The summed E-state index contributed by atoms with van der Waals surface area (Å²) < 4.78 is 10.7. The van der Waals surface area contributed by atoms with E-state index in [-0.39, 0.29) is 0 Å². The SMILES string of the molecule is CC(C)(C)OC(=O)NC(C)(C)c1noc(CN2CCN(c3ncccn3)CC2)n1. The number of rotatable bonds is 5. The standard InChI is InChI=1S/C19H29N7O3/c1-18(2,3)28-17(27)23-19(4,5)15-22-14(29-24-15)13-25-9-11-26(12-10-25)16-20-7-6-8-21-16/h6-8H,9-13H2,1-5H3,(H,23,27). The molecule has 1 fully saturated rings. The zero-order valence-electron chi connectivity index (χ0n) is 17.7. The first-order valence-electron chi connectivity index (χ1n) is 9.71. The normalized spacial score (nSPS) is 16.0. The van der Waals surface area contributed by atoms with E-state index in [1.165, 1.54) is 0 Å². The minimum Gasteiger partial charge on any atom is -0.444 e. The molecule has 1 saturated heterocycles. The third-order valence-electron chi connectivity index (χ3n) is 4.41. The number of nitrogens with one attached hydrogen (secondary N) is 1. The monoisotopic (exact) mass is 403 g/mol. The maximum absolute atomic E-state index is 12.1. The second-order valence-electron chi connectivity index (χ2n) is 8.58. The lowest BCUT2D eigenvalue weighted by Crippen LogP contribution is -2.46. The number of carbonyl (C=O) groups is 1. The minimum absolute atomic E-state index is 0.412. The van der Waals surface area contributed by atoms with Crippen LogP contribution in [0.5, 0.6) is 0 Å². The lowest BCUT2D eigenvalue weighted by Gasteiger charge is -2.33. The average molecular weight is 403 g/mol. The van der Waals surface area contributed by atoms with Gasteiger partial charge in [-0.2, -0.15) is 4.98 Å². The average Bonchev–Trinajstić information content (AvgIpc) is 3.10. The van der Waals surface area contributed by atoms with Gasteiger partial charge in [0.15, 0.2) is 5.82 Å². The third kappa shape index (κ3) is 5.86. The van der Waals surface area contributed by atoms with Gasteiger partial charge in [-0.3, -0.25) is 4.90 Å². The zero-order valence-corrected chi connectivity index (χ0v) is 17.7. The number of anilines is 1. The molecule has 1 amide bonds. The number of amides is 1. The lowest BCUT2D eigenvalue weighted by molar-refractivity contribution is 0.0465. The van der Waals surface area contributed by atoms with Crippen molar-refractivity contribution in [3.05, 3.63) is 30.2 Å². The molecule has 0 atom stereocenters. The van der Waals surface area contributed by atoms with Crippen LogP contribution < -0.4 is 10.2 Å². The number of nitrogens with zero attached hydrogens (tertiary/aromatic N) is 6. The van der Waals surface area contributed by atoms with Crippen molar-refractivity contribution in [3.63, 3.8) is 0 Å². The van der Waals surface area contributed by atoms with Crippen molar-refractivity contribution in [1.29, 1.82) is 0 Å². The number of hydrogen-bond donors (Lipinski definition) is 1. The molecule has 29 heavy (non-hydrogen) atoms. The molecule has 0 bridgehead atoms. The van der Waals surface area contributed by atoms with Crippen LogP contribution in [0.1, 0.15) is 46.3 Å². The highest BCUT2D eigenvalue weighted by Gasteiger charge is 2.31. The highest BCUT2D eigenvalue weighted by Crippen LogP contribution is 2.19. The molecule has 0 radical (unpaired) electrons. The van der Waals surface area contributed by atoms with Crippen molar-refractivity contribution in [2.24, 2.45) is 0 Å². The summed E-state index contributed by atoms with van der Waals surface area (Å²) in [5.41, 5.74) is -1.39. The Hall–Kier alpha value is -2.75. The third-order valence-corrected chi connectivity index (χ3v) is 4.41. The van der Waals surface area contributed by atoms with E-state index in [0.29, 0.717) is 18.3 Å². The first-order chi connectivity index (χ1) is 13.6. The van der Waals surface area contributed by atoms with E-state index < -0.39 is 17.2 Å². The first kappa shape index (κ1) is 21.0. The fraction of sp³-hybridized carbons (Fsp3) is 0.632. The van der Waals surface area contributed by atoms with Crippen molar-refractivity contribution >= 4 is 12.0 Å². The molecule has 158 valence electrons. The van der Waals surface area contributed by atoms with Crippen LogP contribution >= 0.6 is 0 Å². The van der Waals surface area contributed by atoms with Crippen LogP contribution in [0.15, 0.2) is 23.0 Å². The van der Waals surface area contributed by atoms with E-state index in [2.05, 4.69) is 35.2 Å². The van der Waals surface area contributed by atoms with Crippen molar-refractivity contribution in [3.8, 4) is 0 Å².